The molecular weight excluding hydrogens is 218 g/mol. The van der Waals surface area contributed by atoms with E-state index in [0.29, 0.717) is 5.41 Å². The molecule has 92 valence electrons. The Kier molecular flexibility index (Phi) is 3.80. The van der Waals surface area contributed by atoms with Crippen molar-refractivity contribution in [1.82, 2.24) is 9.80 Å². The van der Waals surface area contributed by atoms with Crippen LogP contribution in [0.5, 0.6) is 0 Å². The normalized spacial score (nSPS) is 23.7. The molecule has 3 nitrogen and oxygen atoms in total. The third-order valence-electron chi connectivity index (χ3n) is 2.91. The molecule has 0 aromatic carbocycles. The number of thioether (sulfide) groups is 1. The van der Waals surface area contributed by atoms with E-state index in [0.717, 1.165) is 19.6 Å². The fourth-order valence-electron chi connectivity index (χ4n) is 2.28. The van der Waals surface area contributed by atoms with E-state index in [2.05, 4.69) is 35.6 Å². The molecule has 0 unspecified atom stereocenters. The molecule has 0 saturated carbocycles. The minimum Gasteiger partial charge on any atom is -0.349 e. The van der Waals surface area contributed by atoms with Crippen molar-refractivity contribution in [3.8, 4) is 0 Å². The lowest BCUT2D eigenvalue weighted by Gasteiger charge is -2.38. The molecular formula is C12H23N3S. The Hall–Kier alpha value is -0.220. The second-order valence-electron chi connectivity index (χ2n) is 5.84. The molecule has 2 aliphatic heterocycles. The number of hydrogen-bond donors (Lipinski definition) is 0. The van der Waals surface area contributed by atoms with Crippen molar-refractivity contribution in [3.05, 3.63) is 0 Å². The van der Waals surface area contributed by atoms with E-state index in [1.807, 2.05) is 11.8 Å². The van der Waals surface area contributed by atoms with Gasteiger partial charge in [0.2, 0.25) is 0 Å². The van der Waals surface area contributed by atoms with Gasteiger partial charge in [0.25, 0.3) is 0 Å². The average Bonchev–Trinajstić information content (AvgIpc) is 2.69. The first-order valence-corrected chi connectivity index (χ1v) is 7.18. The van der Waals surface area contributed by atoms with E-state index in [9.17, 15) is 0 Å². The van der Waals surface area contributed by atoms with Crippen molar-refractivity contribution >= 4 is 16.9 Å². The Labute approximate surface area is 103 Å². The maximum absolute atomic E-state index is 4.55. The van der Waals surface area contributed by atoms with Crippen molar-refractivity contribution in [2.75, 3.05) is 45.0 Å². The van der Waals surface area contributed by atoms with Crippen LogP contribution in [-0.4, -0.2) is 60.0 Å². The Bertz CT molecular complexity index is 262. The van der Waals surface area contributed by atoms with Crippen molar-refractivity contribution in [2.24, 2.45) is 10.4 Å². The zero-order chi connectivity index (χ0) is 11.6. The second-order valence-corrected chi connectivity index (χ2v) is 6.90. The molecule has 0 atom stereocenters. The van der Waals surface area contributed by atoms with Gasteiger partial charge in [-0.3, -0.25) is 9.89 Å². The number of amidine groups is 1. The summed E-state index contributed by atoms with van der Waals surface area (Å²) >= 11 is 1.92. The molecule has 16 heavy (non-hydrogen) atoms. The molecule has 0 aliphatic carbocycles. The molecule has 0 N–H and O–H groups in total. The Balaban J connectivity index is 1.78. The van der Waals surface area contributed by atoms with Crippen LogP contribution < -0.4 is 0 Å². The molecule has 0 amide bonds. The maximum atomic E-state index is 4.55. The van der Waals surface area contributed by atoms with Crippen LogP contribution in [0.2, 0.25) is 0 Å². The van der Waals surface area contributed by atoms with Crippen LogP contribution >= 0.6 is 11.8 Å². The molecule has 0 radical (unpaired) electrons. The van der Waals surface area contributed by atoms with E-state index in [-0.39, 0.29) is 0 Å². The molecule has 0 aromatic rings. The molecule has 4 heteroatoms. The van der Waals surface area contributed by atoms with E-state index in [1.165, 1.54) is 30.6 Å². The zero-order valence-electron chi connectivity index (χ0n) is 10.7. The Morgan fingerprint density at radius 1 is 1.19 bits per heavy atom. The van der Waals surface area contributed by atoms with Gasteiger partial charge in [0, 0.05) is 38.5 Å². The molecule has 2 aliphatic rings. The summed E-state index contributed by atoms with van der Waals surface area (Å²) in [6, 6.07) is 0. The van der Waals surface area contributed by atoms with Gasteiger partial charge in [-0.1, -0.05) is 32.5 Å². The summed E-state index contributed by atoms with van der Waals surface area (Å²) in [4.78, 5) is 9.58. The first-order valence-electron chi connectivity index (χ1n) is 6.19. The third-order valence-corrected chi connectivity index (χ3v) is 3.94. The average molecular weight is 241 g/mol. The van der Waals surface area contributed by atoms with Gasteiger partial charge in [0.1, 0.15) is 0 Å². The van der Waals surface area contributed by atoms with Gasteiger partial charge in [0.05, 0.1) is 6.54 Å². The van der Waals surface area contributed by atoms with E-state index in [1.54, 1.807) is 0 Å². The lowest BCUT2D eigenvalue weighted by molar-refractivity contribution is 0.137. The second kappa shape index (κ2) is 4.96. The van der Waals surface area contributed by atoms with Crippen molar-refractivity contribution < 1.29 is 0 Å². The predicted molar refractivity (Wildman–Crippen MR) is 72.2 cm³/mol. The van der Waals surface area contributed by atoms with Gasteiger partial charge in [0.15, 0.2) is 5.17 Å². The van der Waals surface area contributed by atoms with Crippen LogP contribution in [0.4, 0.5) is 0 Å². The number of nitrogens with zero attached hydrogens (tertiary/aromatic N) is 3. The highest BCUT2D eigenvalue weighted by Crippen LogP contribution is 2.20. The first kappa shape index (κ1) is 12.2. The SMILES string of the molecule is CC(C)(C)CN1CCN(C2=NCCS2)CC1. The fraction of sp³-hybridized carbons (Fsp3) is 0.917. The third kappa shape index (κ3) is 3.39. The highest BCUT2D eigenvalue weighted by Gasteiger charge is 2.24. The van der Waals surface area contributed by atoms with Crippen LogP contribution in [0.1, 0.15) is 20.8 Å². The monoisotopic (exact) mass is 241 g/mol. The Morgan fingerprint density at radius 2 is 1.88 bits per heavy atom. The van der Waals surface area contributed by atoms with Crippen LogP contribution in [0.15, 0.2) is 4.99 Å². The van der Waals surface area contributed by atoms with Gasteiger partial charge >= 0.3 is 0 Å². The minimum absolute atomic E-state index is 0.418. The largest absolute Gasteiger partial charge is 0.349 e. The molecule has 0 spiro atoms. The summed E-state index contributed by atoms with van der Waals surface area (Å²) in [5, 5.41) is 1.29. The lowest BCUT2D eigenvalue weighted by Crippen LogP contribution is -2.49. The quantitative estimate of drug-likeness (QED) is 0.697. The summed E-state index contributed by atoms with van der Waals surface area (Å²) in [7, 11) is 0. The standard InChI is InChI=1S/C12H23N3S/c1-12(2,3)10-14-5-7-15(8-6-14)11-13-4-9-16-11/h4-10H2,1-3H3. The summed E-state index contributed by atoms with van der Waals surface area (Å²) in [5.74, 6) is 1.18. The van der Waals surface area contributed by atoms with Crippen molar-refractivity contribution in [3.63, 3.8) is 0 Å². The van der Waals surface area contributed by atoms with Gasteiger partial charge in [-0.15, -0.1) is 0 Å². The summed E-state index contributed by atoms with van der Waals surface area (Å²) in [6.07, 6.45) is 0. The van der Waals surface area contributed by atoms with E-state index >= 15 is 0 Å². The zero-order valence-corrected chi connectivity index (χ0v) is 11.5. The van der Waals surface area contributed by atoms with Gasteiger partial charge in [-0.2, -0.15) is 0 Å². The number of rotatable bonds is 1. The van der Waals surface area contributed by atoms with Crippen molar-refractivity contribution in [1.29, 1.82) is 0 Å². The van der Waals surface area contributed by atoms with Gasteiger partial charge in [-0.25, -0.2) is 0 Å². The van der Waals surface area contributed by atoms with Crippen LogP contribution in [-0.2, 0) is 0 Å². The van der Waals surface area contributed by atoms with Crippen LogP contribution in [0.25, 0.3) is 0 Å². The van der Waals surface area contributed by atoms with Crippen molar-refractivity contribution in [2.45, 2.75) is 20.8 Å². The number of hydrogen-bond acceptors (Lipinski definition) is 4. The lowest BCUT2D eigenvalue weighted by atomic mass is 9.96. The number of piperazine rings is 1. The number of aliphatic imine (C=N–C) groups is 1. The summed E-state index contributed by atoms with van der Waals surface area (Å²) in [6.45, 7) is 13.9. The summed E-state index contributed by atoms with van der Waals surface area (Å²) in [5.41, 5.74) is 0.418. The molecule has 2 heterocycles. The van der Waals surface area contributed by atoms with Crippen LogP contribution in [0.3, 0.4) is 0 Å². The topological polar surface area (TPSA) is 18.8 Å². The molecule has 1 saturated heterocycles. The summed E-state index contributed by atoms with van der Waals surface area (Å²) < 4.78 is 0. The van der Waals surface area contributed by atoms with Gasteiger partial charge < -0.3 is 4.90 Å². The molecule has 0 bridgehead atoms. The predicted octanol–water partition coefficient (Wildman–Crippen LogP) is 1.75. The highest BCUT2D eigenvalue weighted by atomic mass is 32.2. The van der Waals surface area contributed by atoms with Crippen LogP contribution in [0, 0.1) is 5.41 Å². The molecule has 0 aromatic heterocycles. The minimum atomic E-state index is 0.418. The first-order chi connectivity index (χ1) is 7.54. The van der Waals surface area contributed by atoms with E-state index < -0.39 is 0 Å². The highest BCUT2D eigenvalue weighted by molar-refractivity contribution is 8.14. The fourth-order valence-corrected chi connectivity index (χ4v) is 3.20. The smallest absolute Gasteiger partial charge is 0.159 e. The Morgan fingerprint density at radius 3 is 2.38 bits per heavy atom. The molecule has 2 rings (SSSR count). The molecule has 1 fully saturated rings. The maximum Gasteiger partial charge on any atom is 0.159 e. The van der Waals surface area contributed by atoms with E-state index in [4.69, 9.17) is 0 Å². The van der Waals surface area contributed by atoms with Gasteiger partial charge in [-0.05, 0) is 5.41 Å².